The maximum absolute atomic E-state index is 4.95. The van der Waals surface area contributed by atoms with E-state index in [1.165, 1.54) is 49.8 Å². The summed E-state index contributed by atoms with van der Waals surface area (Å²) in [6.07, 6.45) is 9.62. The lowest BCUT2D eigenvalue weighted by molar-refractivity contribution is 0.419. The highest BCUT2D eigenvalue weighted by molar-refractivity contribution is 5.56. The Kier molecular flexibility index (Phi) is 4.71. The first-order valence-corrected chi connectivity index (χ1v) is 10.2. The Hall–Kier alpha value is -3.22. The fraction of sp³-hybridized carbons (Fsp3) is 0.364. The van der Waals surface area contributed by atoms with Crippen LogP contribution in [0.3, 0.4) is 0 Å². The molecule has 1 aliphatic carbocycles. The minimum absolute atomic E-state index is 0.554. The number of anilines is 1. The van der Waals surface area contributed by atoms with Crippen molar-refractivity contribution < 1.29 is 4.52 Å². The van der Waals surface area contributed by atoms with Crippen LogP contribution in [0.4, 0.5) is 5.82 Å². The van der Waals surface area contributed by atoms with E-state index in [2.05, 4.69) is 45.7 Å². The molecule has 1 fully saturated rings. The van der Waals surface area contributed by atoms with Crippen LogP contribution in [0.25, 0.3) is 17.0 Å². The molecule has 0 unspecified atom stereocenters. The normalized spacial score (nSPS) is 15.1. The largest absolute Gasteiger partial charge is 0.366 e. The fourth-order valence-electron chi connectivity index (χ4n) is 4.09. The minimum atomic E-state index is 0.554. The maximum atomic E-state index is 4.95. The standard InChI is InChI=1S/C22H24N6O/c1-15-12-25-28-20(11-19(26-22(15)28)17-5-3-2-4-6-17)23-13-16-7-9-18(10-8-16)21-24-14-29-27-21/h7-12,14,17,23H,2-6,13H2,1H3. The molecule has 3 aromatic heterocycles. The molecule has 3 heterocycles. The lowest BCUT2D eigenvalue weighted by Crippen LogP contribution is -2.11. The third-order valence-corrected chi connectivity index (χ3v) is 5.74. The van der Waals surface area contributed by atoms with E-state index in [0.29, 0.717) is 18.3 Å². The van der Waals surface area contributed by atoms with E-state index < -0.39 is 0 Å². The van der Waals surface area contributed by atoms with Gasteiger partial charge >= 0.3 is 0 Å². The van der Waals surface area contributed by atoms with Gasteiger partial charge in [-0.15, -0.1) is 0 Å². The monoisotopic (exact) mass is 388 g/mol. The number of rotatable bonds is 5. The van der Waals surface area contributed by atoms with Gasteiger partial charge in [0.05, 0.1) is 6.20 Å². The molecule has 29 heavy (non-hydrogen) atoms. The van der Waals surface area contributed by atoms with Crippen LogP contribution >= 0.6 is 0 Å². The van der Waals surface area contributed by atoms with E-state index in [1.807, 2.05) is 22.8 Å². The van der Waals surface area contributed by atoms with Crippen LogP contribution in [-0.2, 0) is 6.54 Å². The summed E-state index contributed by atoms with van der Waals surface area (Å²) < 4.78 is 6.73. The zero-order chi connectivity index (χ0) is 19.6. The molecule has 0 atom stereocenters. The summed E-state index contributed by atoms with van der Waals surface area (Å²) in [5, 5.41) is 12.0. The molecule has 7 heteroatoms. The number of fused-ring (bicyclic) bond motifs is 1. The van der Waals surface area contributed by atoms with Crippen molar-refractivity contribution in [1.29, 1.82) is 0 Å². The van der Waals surface area contributed by atoms with E-state index in [1.54, 1.807) is 0 Å². The van der Waals surface area contributed by atoms with Crippen molar-refractivity contribution in [2.75, 3.05) is 5.32 Å². The Balaban J connectivity index is 1.39. The van der Waals surface area contributed by atoms with Gasteiger partial charge in [-0.05, 0) is 25.3 Å². The van der Waals surface area contributed by atoms with Gasteiger partial charge in [0.2, 0.25) is 12.2 Å². The van der Waals surface area contributed by atoms with Gasteiger partial charge in [0.15, 0.2) is 5.65 Å². The van der Waals surface area contributed by atoms with Crippen LogP contribution in [0.5, 0.6) is 0 Å². The van der Waals surface area contributed by atoms with Gasteiger partial charge in [-0.1, -0.05) is 48.7 Å². The summed E-state index contributed by atoms with van der Waals surface area (Å²) >= 11 is 0. The number of benzene rings is 1. The van der Waals surface area contributed by atoms with E-state index >= 15 is 0 Å². The summed E-state index contributed by atoms with van der Waals surface area (Å²) in [5.74, 6) is 2.15. The van der Waals surface area contributed by atoms with Crippen molar-refractivity contribution in [2.24, 2.45) is 0 Å². The van der Waals surface area contributed by atoms with Crippen LogP contribution in [0.15, 0.2) is 47.4 Å². The Morgan fingerprint density at radius 2 is 1.97 bits per heavy atom. The Bertz CT molecular complexity index is 1090. The van der Waals surface area contributed by atoms with Crippen LogP contribution < -0.4 is 5.32 Å². The van der Waals surface area contributed by atoms with Gasteiger partial charge in [0.1, 0.15) is 5.82 Å². The third kappa shape index (κ3) is 3.60. The van der Waals surface area contributed by atoms with Crippen molar-refractivity contribution in [2.45, 2.75) is 51.5 Å². The molecule has 0 amide bonds. The molecule has 4 aromatic rings. The van der Waals surface area contributed by atoms with Crippen molar-refractivity contribution in [3.63, 3.8) is 0 Å². The van der Waals surface area contributed by atoms with Crippen LogP contribution in [0.1, 0.15) is 54.8 Å². The molecular formula is C22H24N6O. The summed E-state index contributed by atoms with van der Waals surface area (Å²) in [6, 6.07) is 10.4. The van der Waals surface area contributed by atoms with Crippen LogP contribution in [0, 0.1) is 6.92 Å². The second-order valence-electron chi connectivity index (χ2n) is 7.77. The maximum Gasteiger partial charge on any atom is 0.214 e. The molecule has 1 saturated carbocycles. The molecule has 0 bridgehead atoms. The predicted octanol–water partition coefficient (Wildman–Crippen LogP) is 4.75. The van der Waals surface area contributed by atoms with Crippen molar-refractivity contribution in [3.8, 4) is 11.4 Å². The second-order valence-corrected chi connectivity index (χ2v) is 7.77. The quantitative estimate of drug-likeness (QED) is 0.531. The van der Waals surface area contributed by atoms with Crippen LogP contribution in [-0.4, -0.2) is 24.7 Å². The molecule has 0 aliphatic heterocycles. The third-order valence-electron chi connectivity index (χ3n) is 5.74. The number of aromatic nitrogens is 5. The van der Waals surface area contributed by atoms with E-state index in [-0.39, 0.29) is 0 Å². The SMILES string of the molecule is Cc1cnn2c(NCc3ccc(-c4ncon4)cc3)cc(C3CCCCC3)nc12. The lowest BCUT2D eigenvalue weighted by Gasteiger charge is -2.22. The second kappa shape index (κ2) is 7.66. The van der Waals surface area contributed by atoms with Gasteiger partial charge in [0, 0.05) is 35.3 Å². The van der Waals surface area contributed by atoms with E-state index in [0.717, 1.165) is 22.6 Å². The van der Waals surface area contributed by atoms with Gasteiger partial charge in [0.25, 0.3) is 0 Å². The highest BCUT2D eigenvalue weighted by atomic mass is 16.5. The van der Waals surface area contributed by atoms with Gasteiger partial charge in [-0.3, -0.25) is 0 Å². The zero-order valence-electron chi connectivity index (χ0n) is 16.5. The van der Waals surface area contributed by atoms with Gasteiger partial charge < -0.3 is 9.84 Å². The minimum Gasteiger partial charge on any atom is -0.366 e. The van der Waals surface area contributed by atoms with Crippen molar-refractivity contribution in [3.05, 3.63) is 59.7 Å². The van der Waals surface area contributed by atoms with Gasteiger partial charge in [-0.25, -0.2) is 4.98 Å². The Morgan fingerprint density at radius 3 is 2.72 bits per heavy atom. The summed E-state index contributed by atoms with van der Waals surface area (Å²) in [7, 11) is 0. The van der Waals surface area contributed by atoms with E-state index in [9.17, 15) is 0 Å². The molecule has 148 valence electrons. The lowest BCUT2D eigenvalue weighted by atomic mass is 9.87. The molecule has 1 aromatic carbocycles. The summed E-state index contributed by atoms with van der Waals surface area (Å²) in [4.78, 5) is 9.04. The van der Waals surface area contributed by atoms with Crippen molar-refractivity contribution >= 4 is 11.5 Å². The topological polar surface area (TPSA) is 81.1 Å². The summed E-state index contributed by atoms with van der Waals surface area (Å²) in [5.41, 5.74) is 5.36. The predicted molar refractivity (Wildman–Crippen MR) is 111 cm³/mol. The first-order chi connectivity index (χ1) is 14.3. The highest BCUT2D eigenvalue weighted by Gasteiger charge is 2.19. The fourth-order valence-corrected chi connectivity index (χ4v) is 4.09. The molecule has 0 spiro atoms. The first kappa shape index (κ1) is 17.8. The smallest absolute Gasteiger partial charge is 0.214 e. The number of hydrogen-bond donors (Lipinski definition) is 1. The Labute approximate surface area is 169 Å². The average Bonchev–Trinajstić information content (AvgIpc) is 3.44. The number of aryl methyl sites for hydroxylation is 1. The average molecular weight is 388 g/mol. The first-order valence-electron chi connectivity index (χ1n) is 10.2. The molecule has 1 N–H and O–H groups in total. The van der Waals surface area contributed by atoms with Gasteiger partial charge in [-0.2, -0.15) is 14.6 Å². The van der Waals surface area contributed by atoms with Crippen molar-refractivity contribution in [1.82, 2.24) is 24.7 Å². The Morgan fingerprint density at radius 1 is 1.14 bits per heavy atom. The number of nitrogens with zero attached hydrogens (tertiary/aromatic N) is 5. The van der Waals surface area contributed by atoms with Crippen LogP contribution in [0.2, 0.25) is 0 Å². The number of hydrogen-bond acceptors (Lipinski definition) is 6. The zero-order valence-corrected chi connectivity index (χ0v) is 16.5. The molecule has 0 saturated heterocycles. The molecule has 7 nitrogen and oxygen atoms in total. The molecular weight excluding hydrogens is 364 g/mol. The highest BCUT2D eigenvalue weighted by Crippen LogP contribution is 2.33. The molecule has 5 rings (SSSR count). The molecule has 0 radical (unpaired) electrons. The van der Waals surface area contributed by atoms with E-state index in [4.69, 9.17) is 9.51 Å². The number of nitrogens with one attached hydrogen (secondary N) is 1. The summed E-state index contributed by atoms with van der Waals surface area (Å²) in [6.45, 7) is 2.77. The molecule has 1 aliphatic rings.